The van der Waals surface area contributed by atoms with E-state index in [4.69, 9.17) is 10.8 Å². The van der Waals surface area contributed by atoms with E-state index < -0.39 is 17.8 Å². The summed E-state index contributed by atoms with van der Waals surface area (Å²) in [5.41, 5.74) is 4.94. The van der Waals surface area contributed by atoms with E-state index >= 15 is 0 Å². The number of primary amides is 1. The molecule has 0 aliphatic carbocycles. The molecular formula is C9H10N2O4S. The van der Waals surface area contributed by atoms with Gasteiger partial charge in [-0.05, 0) is 12.1 Å². The zero-order valence-corrected chi connectivity index (χ0v) is 9.28. The SMILES string of the molecule is CN(CC(N)=O)C(=O)c1ccc(C(=O)O)s1. The Morgan fingerprint density at radius 1 is 1.38 bits per heavy atom. The Labute approximate surface area is 95.3 Å². The quantitative estimate of drug-likeness (QED) is 0.776. The fraction of sp³-hybridized carbons (Fsp3) is 0.222. The number of carbonyl (C=O) groups excluding carboxylic acids is 2. The molecule has 86 valence electrons. The number of aromatic carboxylic acids is 1. The zero-order valence-electron chi connectivity index (χ0n) is 8.47. The molecule has 1 aromatic rings. The van der Waals surface area contributed by atoms with E-state index in [1.807, 2.05) is 0 Å². The van der Waals surface area contributed by atoms with Gasteiger partial charge in [-0.1, -0.05) is 0 Å². The van der Waals surface area contributed by atoms with Crippen molar-refractivity contribution in [3.8, 4) is 0 Å². The van der Waals surface area contributed by atoms with E-state index in [1.54, 1.807) is 0 Å². The number of nitrogens with zero attached hydrogens (tertiary/aromatic N) is 1. The standard InChI is InChI=1S/C9H10N2O4S/c1-11(4-7(10)12)8(13)5-2-3-6(16-5)9(14)15/h2-3H,4H2,1H3,(H2,10,12)(H,14,15). The fourth-order valence-electron chi connectivity index (χ4n) is 1.06. The molecule has 3 N–H and O–H groups in total. The molecule has 0 aromatic carbocycles. The first-order valence-electron chi connectivity index (χ1n) is 4.28. The van der Waals surface area contributed by atoms with Gasteiger partial charge in [-0.2, -0.15) is 0 Å². The lowest BCUT2D eigenvalue weighted by Crippen LogP contribution is -2.34. The predicted octanol–water partition coefficient (Wildman–Crippen LogP) is 0.00360. The molecule has 16 heavy (non-hydrogen) atoms. The third-order valence-corrected chi connectivity index (χ3v) is 2.83. The van der Waals surface area contributed by atoms with Crippen molar-refractivity contribution in [2.45, 2.75) is 0 Å². The summed E-state index contributed by atoms with van der Waals surface area (Å²) in [6.45, 7) is -0.195. The van der Waals surface area contributed by atoms with E-state index in [0.29, 0.717) is 0 Å². The summed E-state index contributed by atoms with van der Waals surface area (Å²) in [6, 6.07) is 2.76. The van der Waals surface area contributed by atoms with Gasteiger partial charge >= 0.3 is 5.97 Å². The third-order valence-electron chi connectivity index (χ3n) is 1.77. The summed E-state index contributed by atoms with van der Waals surface area (Å²) in [5.74, 6) is -2.12. The zero-order chi connectivity index (χ0) is 12.3. The summed E-state index contributed by atoms with van der Waals surface area (Å²) in [5, 5.41) is 8.68. The largest absolute Gasteiger partial charge is 0.477 e. The Morgan fingerprint density at radius 2 is 1.94 bits per heavy atom. The lowest BCUT2D eigenvalue weighted by Gasteiger charge is -2.13. The highest BCUT2D eigenvalue weighted by atomic mass is 32.1. The number of carboxylic acids is 1. The van der Waals surface area contributed by atoms with Crippen molar-refractivity contribution in [1.29, 1.82) is 0 Å². The lowest BCUT2D eigenvalue weighted by molar-refractivity contribution is -0.118. The topological polar surface area (TPSA) is 101 Å². The second kappa shape index (κ2) is 4.75. The average molecular weight is 242 g/mol. The van der Waals surface area contributed by atoms with Gasteiger partial charge in [0.05, 0.1) is 11.4 Å². The Kier molecular flexibility index (Phi) is 3.62. The summed E-state index contributed by atoms with van der Waals surface area (Å²) in [6.07, 6.45) is 0. The maximum atomic E-state index is 11.7. The van der Waals surface area contributed by atoms with Gasteiger partial charge < -0.3 is 15.7 Å². The average Bonchev–Trinajstić information content (AvgIpc) is 2.64. The number of thiophene rings is 1. The Morgan fingerprint density at radius 3 is 2.38 bits per heavy atom. The molecule has 0 atom stereocenters. The summed E-state index contributed by atoms with van der Waals surface area (Å²) >= 11 is 0.862. The first-order valence-corrected chi connectivity index (χ1v) is 5.10. The lowest BCUT2D eigenvalue weighted by atomic mass is 10.4. The van der Waals surface area contributed by atoms with E-state index in [9.17, 15) is 14.4 Å². The van der Waals surface area contributed by atoms with Crippen LogP contribution in [0.2, 0.25) is 0 Å². The molecular weight excluding hydrogens is 232 g/mol. The van der Waals surface area contributed by atoms with Crippen molar-refractivity contribution < 1.29 is 19.5 Å². The number of hydrogen-bond acceptors (Lipinski definition) is 4. The van der Waals surface area contributed by atoms with Crippen molar-refractivity contribution in [3.63, 3.8) is 0 Å². The first-order chi connectivity index (χ1) is 7.41. The highest BCUT2D eigenvalue weighted by Crippen LogP contribution is 2.17. The molecule has 0 fully saturated rings. The van der Waals surface area contributed by atoms with Crippen molar-refractivity contribution in [1.82, 2.24) is 4.90 Å². The Hall–Kier alpha value is -1.89. The highest BCUT2D eigenvalue weighted by Gasteiger charge is 2.17. The Bertz CT molecular complexity index is 440. The minimum absolute atomic E-state index is 0.0795. The molecule has 0 saturated heterocycles. The van der Waals surface area contributed by atoms with Gasteiger partial charge in [-0.3, -0.25) is 9.59 Å². The summed E-state index contributed by atoms with van der Waals surface area (Å²) in [7, 11) is 1.42. The van der Waals surface area contributed by atoms with Gasteiger partial charge in [0, 0.05) is 7.05 Å². The molecule has 2 amide bonds. The number of amides is 2. The molecule has 0 saturated carbocycles. The molecule has 1 aromatic heterocycles. The van der Waals surface area contributed by atoms with Gasteiger partial charge in [0.2, 0.25) is 5.91 Å². The van der Waals surface area contributed by atoms with Crippen LogP contribution in [0, 0.1) is 0 Å². The minimum atomic E-state index is -1.08. The van der Waals surface area contributed by atoms with Crippen molar-refractivity contribution >= 4 is 29.1 Å². The van der Waals surface area contributed by atoms with Crippen molar-refractivity contribution in [3.05, 3.63) is 21.9 Å². The van der Waals surface area contributed by atoms with Crippen LogP contribution in [0.3, 0.4) is 0 Å². The molecule has 6 nitrogen and oxygen atoms in total. The van der Waals surface area contributed by atoms with Gasteiger partial charge in [0.15, 0.2) is 0 Å². The van der Waals surface area contributed by atoms with Crippen LogP contribution in [0.15, 0.2) is 12.1 Å². The van der Waals surface area contributed by atoms with Crippen LogP contribution in [-0.4, -0.2) is 41.4 Å². The van der Waals surface area contributed by atoms with Gasteiger partial charge in [0.25, 0.3) is 5.91 Å². The maximum Gasteiger partial charge on any atom is 0.345 e. The van der Waals surface area contributed by atoms with Crippen LogP contribution < -0.4 is 5.73 Å². The molecule has 7 heteroatoms. The molecule has 0 unspecified atom stereocenters. The number of hydrogen-bond donors (Lipinski definition) is 2. The van der Waals surface area contributed by atoms with Crippen LogP contribution in [-0.2, 0) is 4.79 Å². The first kappa shape index (κ1) is 12.2. The summed E-state index contributed by atoms with van der Waals surface area (Å²) in [4.78, 5) is 34.3. The van der Waals surface area contributed by atoms with Gasteiger partial charge in [-0.25, -0.2) is 4.79 Å². The third kappa shape index (κ3) is 2.80. The van der Waals surface area contributed by atoms with Crippen LogP contribution in [0.1, 0.15) is 19.3 Å². The van der Waals surface area contributed by atoms with Crippen LogP contribution in [0.25, 0.3) is 0 Å². The maximum absolute atomic E-state index is 11.7. The van der Waals surface area contributed by atoms with Crippen molar-refractivity contribution in [2.24, 2.45) is 5.73 Å². The monoisotopic (exact) mass is 242 g/mol. The van der Waals surface area contributed by atoms with E-state index in [0.717, 1.165) is 16.2 Å². The molecule has 0 spiro atoms. The fourth-order valence-corrected chi connectivity index (χ4v) is 1.90. The van der Waals surface area contributed by atoms with E-state index in [2.05, 4.69) is 0 Å². The molecule has 0 aliphatic heterocycles. The molecule has 1 heterocycles. The normalized spacial score (nSPS) is 9.81. The van der Waals surface area contributed by atoms with Gasteiger partial charge in [-0.15, -0.1) is 11.3 Å². The molecule has 0 radical (unpaired) electrons. The number of nitrogens with two attached hydrogens (primary N) is 1. The van der Waals surface area contributed by atoms with Crippen molar-refractivity contribution in [2.75, 3.05) is 13.6 Å². The number of carbonyl (C=O) groups is 3. The van der Waals surface area contributed by atoms with Crippen LogP contribution in [0.5, 0.6) is 0 Å². The molecule has 0 bridgehead atoms. The smallest absolute Gasteiger partial charge is 0.345 e. The Balaban J connectivity index is 2.80. The highest BCUT2D eigenvalue weighted by molar-refractivity contribution is 7.15. The second-order valence-corrected chi connectivity index (χ2v) is 4.18. The predicted molar refractivity (Wildman–Crippen MR) is 57.4 cm³/mol. The molecule has 0 aliphatic rings. The number of rotatable bonds is 4. The van der Waals surface area contributed by atoms with Crippen LogP contribution in [0.4, 0.5) is 0 Å². The molecule has 1 rings (SSSR count). The number of carboxylic acid groups (broad SMARTS) is 1. The van der Waals surface area contributed by atoms with Gasteiger partial charge in [0.1, 0.15) is 4.88 Å². The van der Waals surface area contributed by atoms with E-state index in [-0.39, 0.29) is 16.3 Å². The van der Waals surface area contributed by atoms with E-state index in [1.165, 1.54) is 19.2 Å². The summed E-state index contributed by atoms with van der Waals surface area (Å²) < 4.78 is 0. The minimum Gasteiger partial charge on any atom is -0.477 e. The van der Waals surface area contributed by atoms with Crippen LogP contribution >= 0.6 is 11.3 Å². The number of likely N-dealkylation sites (N-methyl/N-ethyl adjacent to an activating group) is 1. The second-order valence-electron chi connectivity index (χ2n) is 3.10.